The molecule has 2 aliphatic rings. The van der Waals surface area contributed by atoms with E-state index in [2.05, 4.69) is 17.3 Å². The molecule has 1 amide bonds. The molecule has 1 aromatic heterocycles. The van der Waals surface area contributed by atoms with Crippen LogP contribution in [0.2, 0.25) is 0 Å². The Morgan fingerprint density at radius 3 is 2.69 bits per heavy atom. The number of halogens is 1. The maximum absolute atomic E-state index is 14.0. The van der Waals surface area contributed by atoms with Crippen LogP contribution < -0.4 is 10.1 Å². The predicted octanol–water partition coefficient (Wildman–Crippen LogP) is 3.21. The number of para-hydroxylation sites is 1. The summed E-state index contributed by atoms with van der Waals surface area (Å²) in [6, 6.07) is 6.20. The second-order valence-corrected chi connectivity index (χ2v) is 8.64. The minimum atomic E-state index is -0.729. The van der Waals surface area contributed by atoms with E-state index >= 15 is 0 Å². The van der Waals surface area contributed by atoms with Crippen LogP contribution >= 0.6 is 0 Å². The van der Waals surface area contributed by atoms with Gasteiger partial charge in [-0.3, -0.25) is 4.79 Å². The summed E-state index contributed by atoms with van der Waals surface area (Å²) in [5.74, 6) is 1.58. The molecule has 1 N–H and O–H groups in total. The highest BCUT2D eigenvalue weighted by Crippen LogP contribution is 2.30. The van der Waals surface area contributed by atoms with Crippen molar-refractivity contribution < 1.29 is 13.9 Å². The topological polar surface area (TPSA) is 70.6 Å². The molecule has 0 aliphatic carbocycles. The number of fused-ring (bicyclic) bond motifs is 1. The van der Waals surface area contributed by atoms with Crippen molar-refractivity contribution in [3.05, 3.63) is 47.2 Å². The zero-order valence-electron chi connectivity index (χ0n) is 19.1. The summed E-state index contributed by atoms with van der Waals surface area (Å²) >= 11 is 0. The molecule has 3 heterocycles. The molecule has 2 aliphatic heterocycles. The van der Waals surface area contributed by atoms with Gasteiger partial charge in [0, 0.05) is 25.1 Å². The molecule has 7 nitrogen and oxygen atoms in total. The largest absolute Gasteiger partial charge is 0.478 e. The van der Waals surface area contributed by atoms with Crippen molar-refractivity contribution >= 4 is 11.7 Å². The fourth-order valence-corrected chi connectivity index (χ4v) is 4.50. The van der Waals surface area contributed by atoms with Crippen LogP contribution in [0.5, 0.6) is 5.75 Å². The fraction of sp³-hybridized carbons (Fsp3) is 0.542. The van der Waals surface area contributed by atoms with E-state index in [1.54, 1.807) is 23.1 Å². The van der Waals surface area contributed by atoms with Crippen LogP contribution in [0.1, 0.15) is 49.2 Å². The van der Waals surface area contributed by atoms with Gasteiger partial charge < -0.3 is 19.9 Å². The maximum atomic E-state index is 14.0. The van der Waals surface area contributed by atoms with E-state index in [9.17, 15) is 9.18 Å². The molecular weight excluding hydrogens is 409 g/mol. The molecule has 1 aromatic carbocycles. The van der Waals surface area contributed by atoms with Gasteiger partial charge >= 0.3 is 0 Å². The van der Waals surface area contributed by atoms with Gasteiger partial charge in [-0.15, -0.1) is 0 Å². The van der Waals surface area contributed by atoms with E-state index in [1.807, 2.05) is 14.0 Å². The fourth-order valence-electron chi connectivity index (χ4n) is 4.50. The molecule has 0 bridgehead atoms. The van der Waals surface area contributed by atoms with E-state index < -0.39 is 11.9 Å². The number of ether oxygens (including phenoxy) is 1. The van der Waals surface area contributed by atoms with Gasteiger partial charge in [0.15, 0.2) is 17.7 Å². The van der Waals surface area contributed by atoms with Crippen LogP contribution in [0.25, 0.3) is 0 Å². The summed E-state index contributed by atoms with van der Waals surface area (Å²) < 4.78 is 19.8. The number of amides is 1. The van der Waals surface area contributed by atoms with Gasteiger partial charge in [0.1, 0.15) is 11.6 Å². The molecule has 0 spiro atoms. The third kappa shape index (κ3) is 4.70. The van der Waals surface area contributed by atoms with Crippen LogP contribution in [0.15, 0.2) is 24.3 Å². The highest BCUT2D eigenvalue weighted by molar-refractivity contribution is 5.81. The van der Waals surface area contributed by atoms with Gasteiger partial charge in [-0.05, 0) is 58.0 Å². The Morgan fingerprint density at radius 1 is 1.25 bits per heavy atom. The zero-order valence-corrected chi connectivity index (χ0v) is 19.1. The molecule has 0 radical (unpaired) electrons. The van der Waals surface area contributed by atoms with E-state index in [0.717, 1.165) is 48.8 Å². The number of carbonyl (C=O) groups is 1. The lowest BCUT2D eigenvalue weighted by Crippen LogP contribution is -2.44. The molecule has 8 heteroatoms. The van der Waals surface area contributed by atoms with Crippen molar-refractivity contribution in [1.82, 2.24) is 19.8 Å². The standard InChI is InChI=1S/C24H32FN5O2/c1-4-20(32-21-8-6-5-7-18(21)25)24(31)30-14-11-17-19(15-30)27-22(28-23(17)26-2)16-9-12-29(3)13-10-16/h5-8,16,20H,4,9-15H2,1-3H3,(H,26,27,28)/t20-/m0/s1. The lowest BCUT2D eigenvalue weighted by Gasteiger charge is -2.33. The Morgan fingerprint density at radius 2 is 2.00 bits per heavy atom. The average molecular weight is 442 g/mol. The number of carbonyl (C=O) groups excluding carboxylic acids is 1. The Hall–Kier alpha value is -2.74. The molecule has 2 aromatic rings. The summed E-state index contributed by atoms with van der Waals surface area (Å²) in [5.41, 5.74) is 1.98. The minimum Gasteiger partial charge on any atom is -0.478 e. The lowest BCUT2D eigenvalue weighted by molar-refractivity contribution is -0.140. The van der Waals surface area contributed by atoms with Gasteiger partial charge in [0.05, 0.1) is 12.2 Å². The van der Waals surface area contributed by atoms with Crippen LogP contribution in [0.3, 0.4) is 0 Å². The first-order chi connectivity index (χ1) is 15.5. The van der Waals surface area contributed by atoms with Gasteiger partial charge in [-0.25, -0.2) is 14.4 Å². The zero-order chi connectivity index (χ0) is 22.7. The number of hydrogen-bond donors (Lipinski definition) is 1. The van der Waals surface area contributed by atoms with Gasteiger partial charge in [-0.2, -0.15) is 0 Å². The van der Waals surface area contributed by atoms with Crippen molar-refractivity contribution in [1.29, 1.82) is 0 Å². The van der Waals surface area contributed by atoms with Crippen LogP contribution in [-0.4, -0.2) is 65.5 Å². The van der Waals surface area contributed by atoms with E-state index in [4.69, 9.17) is 14.7 Å². The first kappa shape index (κ1) is 22.5. The van der Waals surface area contributed by atoms with E-state index in [-0.39, 0.29) is 11.7 Å². The normalized spacial score (nSPS) is 18.2. The van der Waals surface area contributed by atoms with Gasteiger partial charge in [0.25, 0.3) is 5.91 Å². The Bertz CT molecular complexity index is 961. The number of piperidine rings is 1. The lowest BCUT2D eigenvalue weighted by atomic mass is 9.95. The third-order valence-corrected chi connectivity index (χ3v) is 6.47. The summed E-state index contributed by atoms with van der Waals surface area (Å²) in [7, 11) is 4.02. The van der Waals surface area contributed by atoms with Crippen LogP contribution in [0.4, 0.5) is 10.2 Å². The third-order valence-electron chi connectivity index (χ3n) is 6.47. The number of aromatic nitrogens is 2. The summed E-state index contributed by atoms with van der Waals surface area (Å²) in [4.78, 5) is 27.1. The number of hydrogen-bond acceptors (Lipinski definition) is 6. The summed E-state index contributed by atoms with van der Waals surface area (Å²) in [6.45, 7) is 4.93. The van der Waals surface area contributed by atoms with Crippen molar-refractivity contribution in [3.8, 4) is 5.75 Å². The first-order valence-corrected chi connectivity index (χ1v) is 11.5. The molecule has 1 fully saturated rings. The maximum Gasteiger partial charge on any atom is 0.263 e. The Kier molecular flexibility index (Phi) is 6.89. The minimum absolute atomic E-state index is 0.106. The van der Waals surface area contributed by atoms with Crippen molar-refractivity contribution in [2.24, 2.45) is 0 Å². The predicted molar refractivity (Wildman–Crippen MR) is 121 cm³/mol. The van der Waals surface area contributed by atoms with Gasteiger partial charge in [-0.1, -0.05) is 19.1 Å². The molecular formula is C24H32FN5O2. The summed E-state index contributed by atoms with van der Waals surface area (Å²) in [5, 5.41) is 3.23. The first-order valence-electron chi connectivity index (χ1n) is 11.5. The Labute approximate surface area is 189 Å². The molecule has 1 atom stereocenters. The van der Waals surface area contributed by atoms with Crippen LogP contribution in [-0.2, 0) is 17.8 Å². The van der Waals surface area contributed by atoms with Gasteiger partial charge in [0.2, 0.25) is 0 Å². The number of nitrogens with one attached hydrogen (secondary N) is 1. The molecule has 4 rings (SSSR count). The number of nitrogens with zero attached hydrogens (tertiary/aromatic N) is 4. The number of rotatable bonds is 6. The second kappa shape index (κ2) is 9.81. The quantitative estimate of drug-likeness (QED) is 0.742. The smallest absolute Gasteiger partial charge is 0.263 e. The SMILES string of the molecule is CC[C@H](Oc1ccccc1F)C(=O)N1CCc2c(nc(C3CCN(C)CC3)nc2NC)C1. The van der Waals surface area contributed by atoms with Crippen molar-refractivity contribution in [2.75, 3.05) is 39.0 Å². The van der Waals surface area contributed by atoms with Crippen molar-refractivity contribution in [3.63, 3.8) is 0 Å². The van der Waals surface area contributed by atoms with E-state index in [1.165, 1.54) is 6.07 Å². The highest BCUT2D eigenvalue weighted by atomic mass is 19.1. The average Bonchev–Trinajstić information content (AvgIpc) is 2.82. The molecule has 32 heavy (non-hydrogen) atoms. The molecule has 0 unspecified atom stereocenters. The Balaban J connectivity index is 1.53. The molecule has 0 saturated carbocycles. The van der Waals surface area contributed by atoms with Crippen molar-refractivity contribution in [2.45, 2.75) is 51.2 Å². The van der Waals surface area contributed by atoms with E-state index in [0.29, 0.717) is 31.8 Å². The summed E-state index contributed by atoms with van der Waals surface area (Å²) in [6.07, 6.45) is 2.49. The highest BCUT2D eigenvalue weighted by Gasteiger charge is 2.31. The van der Waals surface area contributed by atoms with Crippen LogP contribution in [0, 0.1) is 5.82 Å². The second-order valence-electron chi connectivity index (χ2n) is 8.64. The molecule has 172 valence electrons. The monoisotopic (exact) mass is 441 g/mol. The number of benzene rings is 1. The number of anilines is 1. The number of likely N-dealkylation sites (tertiary alicyclic amines) is 1. The molecule has 1 saturated heterocycles.